The van der Waals surface area contributed by atoms with Gasteiger partial charge in [-0.25, -0.2) is 8.42 Å². The first kappa shape index (κ1) is 30.4. The maximum absolute atomic E-state index is 13.7. The Labute approximate surface area is 223 Å². The minimum Gasteiger partial charge on any atom is -0.352 e. The van der Waals surface area contributed by atoms with Crippen molar-refractivity contribution < 1.29 is 18.0 Å². The molecule has 0 aromatic heterocycles. The summed E-state index contributed by atoms with van der Waals surface area (Å²) in [6.07, 6.45) is 2.84. The van der Waals surface area contributed by atoms with E-state index in [9.17, 15) is 18.0 Å². The summed E-state index contributed by atoms with van der Waals surface area (Å²) in [4.78, 5) is 28.4. The van der Waals surface area contributed by atoms with Crippen LogP contribution in [-0.4, -0.2) is 56.6 Å². The fourth-order valence-corrected chi connectivity index (χ4v) is 4.93. The molecule has 0 aliphatic carbocycles. The van der Waals surface area contributed by atoms with Gasteiger partial charge in [-0.3, -0.25) is 13.9 Å². The lowest BCUT2D eigenvalue weighted by molar-refractivity contribution is -0.139. The molecule has 0 saturated heterocycles. The number of hydrogen-bond donors (Lipinski definition) is 1. The summed E-state index contributed by atoms with van der Waals surface area (Å²) in [5.74, 6) is -0.633. The third-order valence-electron chi connectivity index (χ3n) is 6.57. The van der Waals surface area contributed by atoms with Gasteiger partial charge in [0.25, 0.3) is 0 Å². The van der Waals surface area contributed by atoms with Gasteiger partial charge in [0, 0.05) is 12.6 Å². The first-order valence-electron chi connectivity index (χ1n) is 13.0. The van der Waals surface area contributed by atoms with Crippen LogP contribution in [0.25, 0.3) is 0 Å². The van der Waals surface area contributed by atoms with Gasteiger partial charge in [0.15, 0.2) is 0 Å². The van der Waals surface area contributed by atoms with E-state index in [-0.39, 0.29) is 23.9 Å². The van der Waals surface area contributed by atoms with E-state index in [1.165, 1.54) is 4.90 Å². The molecule has 204 valence electrons. The molecule has 0 aliphatic rings. The van der Waals surface area contributed by atoms with Crippen LogP contribution in [0.3, 0.4) is 0 Å². The first-order chi connectivity index (χ1) is 17.3. The van der Waals surface area contributed by atoms with Gasteiger partial charge < -0.3 is 10.2 Å². The number of sulfonamides is 1. The molecule has 0 fully saturated rings. The van der Waals surface area contributed by atoms with Gasteiger partial charge >= 0.3 is 0 Å². The van der Waals surface area contributed by atoms with Crippen molar-refractivity contribution in [3.63, 3.8) is 0 Å². The number of anilines is 1. The van der Waals surface area contributed by atoms with Crippen LogP contribution < -0.4 is 9.62 Å². The van der Waals surface area contributed by atoms with Gasteiger partial charge in [0.2, 0.25) is 21.8 Å². The van der Waals surface area contributed by atoms with Gasteiger partial charge in [-0.1, -0.05) is 77.1 Å². The number of carbonyl (C=O) groups is 2. The summed E-state index contributed by atoms with van der Waals surface area (Å²) in [6.45, 7) is 11.9. The predicted molar refractivity (Wildman–Crippen MR) is 151 cm³/mol. The van der Waals surface area contributed by atoms with Crippen molar-refractivity contribution >= 4 is 27.5 Å². The van der Waals surface area contributed by atoms with Crippen molar-refractivity contribution in [1.29, 1.82) is 0 Å². The van der Waals surface area contributed by atoms with E-state index in [0.717, 1.165) is 28.1 Å². The third-order valence-corrected chi connectivity index (χ3v) is 7.71. The SMILES string of the molecule is CC[C@H](C)NC(=O)[C@H](CC)N(CCc1ccccc1)C(=O)CN(c1ccc(C(C)(C)C)cc1)S(C)(=O)=O. The average molecular weight is 530 g/mol. The normalized spacial score (nSPS) is 13.5. The van der Waals surface area contributed by atoms with E-state index in [1.54, 1.807) is 12.1 Å². The number of rotatable bonds is 12. The highest BCUT2D eigenvalue weighted by Crippen LogP contribution is 2.26. The molecule has 2 aromatic carbocycles. The van der Waals surface area contributed by atoms with E-state index in [2.05, 4.69) is 26.1 Å². The minimum absolute atomic E-state index is 0.0264. The molecular formula is C29H43N3O4S. The Morgan fingerprint density at radius 1 is 0.946 bits per heavy atom. The van der Waals surface area contributed by atoms with E-state index in [4.69, 9.17) is 0 Å². The van der Waals surface area contributed by atoms with E-state index < -0.39 is 22.0 Å². The Balaban J connectivity index is 2.38. The largest absolute Gasteiger partial charge is 0.352 e. The fraction of sp³-hybridized carbons (Fsp3) is 0.517. The molecule has 0 aliphatic heterocycles. The fourth-order valence-electron chi connectivity index (χ4n) is 4.08. The van der Waals surface area contributed by atoms with Gasteiger partial charge in [0.05, 0.1) is 11.9 Å². The molecule has 2 atom stereocenters. The quantitative estimate of drug-likeness (QED) is 0.438. The minimum atomic E-state index is -3.75. The maximum Gasteiger partial charge on any atom is 0.244 e. The Morgan fingerprint density at radius 3 is 2.03 bits per heavy atom. The summed E-state index contributed by atoms with van der Waals surface area (Å²) in [7, 11) is -3.75. The molecule has 8 heteroatoms. The second-order valence-electron chi connectivity index (χ2n) is 10.6. The highest BCUT2D eigenvalue weighted by atomic mass is 32.2. The predicted octanol–water partition coefficient (Wildman–Crippen LogP) is 4.51. The number of hydrogen-bond acceptors (Lipinski definition) is 4. The Hall–Kier alpha value is -2.87. The molecule has 2 rings (SSSR count). The van der Waals surface area contributed by atoms with Gasteiger partial charge in [-0.05, 0) is 54.9 Å². The molecular weight excluding hydrogens is 486 g/mol. The van der Waals surface area contributed by atoms with Crippen LogP contribution in [0.1, 0.15) is 65.5 Å². The Kier molecular flexibility index (Phi) is 10.7. The first-order valence-corrected chi connectivity index (χ1v) is 14.8. The van der Waals surface area contributed by atoms with Crippen molar-refractivity contribution in [2.24, 2.45) is 0 Å². The highest BCUT2D eigenvalue weighted by molar-refractivity contribution is 7.92. The van der Waals surface area contributed by atoms with Crippen LogP contribution in [-0.2, 0) is 31.4 Å². The molecule has 0 saturated carbocycles. The molecule has 0 unspecified atom stereocenters. The highest BCUT2D eigenvalue weighted by Gasteiger charge is 2.32. The molecule has 7 nitrogen and oxygen atoms in total. The Bertz CT molecular complexity index is 1130. The van der Waals surface area contributed by atoms with Crippen molar-refractivity contribution in [3.05, 3.63) is 65.7 Å². The van der Waals surface area contributed by atoms with Crippen molar-refractivity contribution in [2.75, 3.05) is 23.7 Å². The van der Waals surface area contributed by atoms with Crippen molar-refractivity contribution in [1.82, 2.24) is 10.2 Å². The summed E-state index contributed by atoms with van der Waals surface area (Å²) in [5.41, 5.74) is 2.43. The topological polar surface area (TPSA) is 86.8 Å². The monoisotopic (exact) mass is 529 g/mol. The van der Waals surface area contributed by atoms with Gasteiger partial charge in [-0.15, -0.1) is 0 Å². The second kappa shape index (κ2) is 13.1. The second-order valence-corrected chi connectivity index (χ2v) is 12.5. The van der Waals surface area contributed by atoms with Crippen LogP contribution in [0.5, 0.6) is 0 Å². The summed E-state index contributed by atoms with van der Waals surface area (Å²) in [6, 6.07) is 16.3. The van der Waals surface area contributed by atoms with E-state index in [1.807, 2.05) is 63.2 Å². The molecule has 1 N–H and O–H groups in total. The smallest absolute Gasteiger partial charge is 0.244 e. The lowest BCUT2D eigenvalue weighted by Crippen LogP contribution is -2.54. The lowest BCUT2D eigenvalue weighted by Gasteiger charge is -2.33. The van der Waals surface area contributed by atoms with Crippen LogP contribution in [0.15, 0.2) is 54.6 Å². The number of nitrogens with one attached hydrogen (secondary N) is 1. The number of nitrogens with zero attached hydrogens (tertiary/aromatic N) is 2. The van der Waals surface area contributed by atoms with Gasteiger partial charge in [-0.2, -0.15) is 0 Å². The lowest BCUT2D eigenvalue weighted by atomic mass is 9.87. The zero-order chi connectivity index (χ0) is 27.8. The summed E-state index contributed by atoms with van der Waals surface area (Å²) >= 11 is 0. The molecule has 2 aromatic rings. The van der Waals surface area contributed by atoms with Crippen LogP contribution in [0, 0.1) is 0 Å². The van der Waals surface area contributed by atoms with Crippen LogP contribution in [0.2, 0.25) is 0 Å². The summed E-state index contributed by atoms with van der Waals surface area (Å²) < 4.78 is 26.7. The van der Waals surface area contributed by atoms with E-state index >= 15 is 0 Å². The number of benzene rings is 2. The average Bonchev–Trinajstić information content (AvgIpc) is 2.84. The standard InChI is InChI=1S/C29H43N3O4S/c1-8-22(3)30-28(34)26(9-2)31(20-19-23-13-11-10-12-14-23)27(33)21-32(37(7,35)36)25-17-15-24(16-18-25)29(4,5)6/h10-18,22,26H,8-9,19-21H2,1-7H3,(H,30,34)/t22-,26-/m0/s1. The third kappa shape index (κ3) is 8.88. The van der Waals surface area contributed by atoms with Gasteiger partial charge in [0.1, 0.15) is 12.6 Å². The number of carbonyl (C=O) groups excluding carboxylic acids is 2. The molecule has 2 amide bonds. The maximum atomic E-state index is 13.7. The molecule has 37 heavy (non-hydrogen) atoms. The Morgan fingerprint density at radius 2 is 1.54 bits per heavy atom. The molecule has 0 spiro atoms. The van der Waals surface area contributed by atoms with Crippen molar-refractivity contribution in [2.45, 2.75) is 78.3 Å². The molecule has 0 bridgehead atoms. The summed E-state index contributed by atoms with van der Waals surface area (Å²) in [5, 5.41) is 2.98. The molecule has 0 heterocycles. The zero-order valence-electron chi connectivity index (χ0n) is 23.3. The van der Waals surface area contributed by atoms with Crippen LogP contribution >= 0.6 is 0 Å². The van der Waals surface area contributed by atoms with Crippen molar-refractivity contribution in [3.8, 4) is 0 Å². The zero-order valence-corrected chi connectivity index (χ0v) is 24.1. The van der Waals surface area contributed by atoms with E-state index in [0.29, 0.717) is 25.1 Å². The number of amides is 2. The molecule has 0 radical (unpaired) electrons. The van der Waals surface area contributed by atoms with Crippen LogP contribution in [0.4, 0.5) is 5.69 Å².